The molecule has 22 heavy (non-hydrogen) atoms. The summed E-state index contributed by atoms with van der Waals surface area (Å²) >= 11 is 0. The summed E-state index contributed by atoms with van der Waals surface area (Å²) in [6.07, 6.45) is 2.14. The van der Waals surface area contributed by atoms with Gasteiger partial charge in [-0.3, -0.25) is 0 Å². The standard InChI is InChI=1S/C18H22N4/c1-12(2)22-9-7-13(8-10-22)17-14-5-3-4-6-16(14)21-18(20)15(17)11-19/h3-6,12-13H,7-10H2,1-2H3,(H2,20,21). The quantitative estimate of drug-likeness (QED) is 0.923. The molecule has 4 nitrogen and oxygen atoms in total. The third kappa shape index (κ3) is 2.53. The molecule has 1 fully saturated rings. The van der Waals surface area contributed by atoms with Crippen LogP contribution >= 0.6 is 0 Å². The van der Waals surface area contributed by atoms with Crippen LogP contribution in [0.2, 0.25) is 0 Å². The molecule has 2 N–H and O–H groups in total. The van der Waals surface area contributed by atoms with E-state index in [0.717, 1.165) is 42.4 Å². The van der Waals surface area contributed by atoms with E-state index in [1.54, 1.807) is 0 Å². The third-order valence-electron chi connectivity index (χ3n) is 4.74. The largest absolute Gasteiger partial charge is 0.383 e. The second-order valence-corrected chi connectivity index (χ2v) is 6.32. The van der Waals surface area contributed by atoms with Gasteiger partial charge in [-0.2, -0.15) is 5.26 Å². The third-order valence-corrected chi connectivity index (χ3v) is 4.74. The molecule has 2 heterocycles. The van der Waals surface area contributed by atoms with Gasteiger partial charge in [-0.15, -0.1) is 0 Å². The molecule has 1 saturated heterocycles. The number of anilines is 1. The maximum atomic E-state index is 9.55. The van der Waals surface area contributed by atoms with Crippen molar-refractivity contribution in [2.45, 2.75) is 38.6 Å². The number of fused-ring (bicyclic) bond motifs is 1. The van der Waals surface area contributed by atoms with E-state index in [1.165, 1.54) is 0 Å². The van der Waals surface area contributed by atoms with Gasteiger partial charge in [0, 0.05) is 11.4 Å². The Kier molecular flexibility index (Phi) is 4.00. The highest BCUT2D eigenvalue weighted by molar-refractivity contribution is 5.87. The zero-order valence-corrected chi connectivity index (χ0v) is 13.2. The summed E-state index contributed by atoms with van der Waals surface area (Å²) < 4.78 is 0. The zero-order valence-electron chi connectivity index (χ0n) is 13.2. The van der Waals surface area contributed by atoms with Gasteiger partial charge in [0.1, 0.15) is 11.9 Å². The molecular weight excluding hydrogens is 272 g/mol. The first-order valence-corrected chi connectivity index (χ1v) is 7.94. The highest BCUT2D eigenvalue weighted by Gasteiger charge is 2.26. The molecule has 0 saturated carbocycles. The van der Waals surface area contributed by atoms with Crippen LogP contribution in [0.5, 0.6) is 0 Å². The lowest BCUT2D eigenvalue weighted by Crippen LogP contribution is -2.38. The fraction of sp³-hybridized carbons (Fsp3) is 0.444. The van der Waals surface area contributed by atoms with E-state index in [-0.39, 0.29) is 0 Å². The van der Waals surface area contributed by atoms with Gasteiger partial charge in [0.05, 0.1) is 11.1 Å². The molecule has 3 rings (SSSR count). The first kappa shape index (κ1) is 14.8. The summed E-state index contributed by atoms with van der Waals surface area (Å²) in [4.78, 5) is 6.89. The van der Waals surface area contributed by atoms with Crippen LogP contribution in [0.1, 0.15) is 43.7 Å². The van der Waals surface area contributed by atoms with E-state index in [4.69, 9.17) is 5.73 Å². The van der Waals surface area contributed by atoms with Crippen molar-refractivity contribution in [3.63, 3.8) is 0 Å². The highest BCUT2D eigenvalue weighted by atomic mass is 15.1. The zero-order chi connectivity index (χ0) is 15.7. The van der Waals surface area contributed by atoms with Crippen molar-refractivity contribution < 1.29 is 0 Å². The minimum absolute atomic E-state index is 0.363. The van der Waals surface area contributed by atoms with Crippen molar-refractivity contribution in [2.75, 3.05) is 18.8 Å². The SMILES string of the molecule is CC(C)N1CCC(c2c(C#N)c(N)nc3ccccc23)CC1. The number of rotatable bonds is 2. The Balaban J connectivity index is 2.05. The van der Waals surface area contributed by atoms with Crippen LogP contribution in [0, 0.1) is 11.3 Å². The number of piperidine rings is 1. The molecule has 0 aliphatic carbocycles. The lowest BCUT2D eigenvalue weighted by Gasteiger charge is -2.35. The number of para-hydroxylation sites is 1. The Morgan fingerprint density at radius 2 is 1.95 bits per heavy atom. The van der Waals surface area contributed by atoms with Gasteiger partial charge in [-0.05, 0) is 57.3 Å². The van der Waals surface area contributed by atoms with Gasteiger partial charge in [0.2, 0.25) is 0 Å². The first-order chi connectivity index (χ1) is 10.6. The molecule has 4 heteroatoms. The Morgan fingerprint density at radius 3 is 2.59 bits per heavy atom. The number of likely N-dealkylation sites (tertiary alicyclic amines) is 1. The van der Waals surface area contributed by atoms with Crippen LogP contribution in [0.25, 0.3) is 10.9 Å². The van der Waals surface area contributed by atoms with Gasteiger partial charge in [-0.1, -0.05) is 18.2 Å². The number of nitrogens with zero attached hydrogens (tertiary/aromatic N) is 3. The van der Waals surface area contributed by atoms with Crippen molar-refractivity contribution in [3.05, 3.63) is 35.4 Å². The Hall–Kier alpha value is -2.12. The molecular formula is C18H22N4. The fourth-order valence-electron chi connectivity index (χ4n) is 3.50. The lowest BCUT2D eigenvalue weighted by molar-refractivity contribution is 0.172. The van der Waals surface area contributed by atoms with Crippen molar-refractivity contribution >= 4 is 16.7 Å². The minimum atomic E-state index is 0.363. The summed E-state index contributed by atoms with van der Waals surface area (Å²) in [5, 5.41) is 10.6. The summed E-state index contributed by atoms with van der Waals surface area (Å²) in [7, 11) is 0. The maximum absolute atomic E-state index is 9.55. The van der Waals surface area contributed by atoms with E-state index in [9.17, 15) is 5.26 Å². The van der Waals surface area contributed by atoms with Crippen molar-refractivity contribution in [2.24, 2.45) is 0 Å². The summed E-state index contributed by atoms with van der Waals surface area (Å²) in [5.41, 5.74) is 8.60. The van der Waals surface area contributed by atoms with Crippen LogP contribution in [0.3, 0.4) is 0 Å². The monoisotopic (exact) mass is 294 g/mol. The van der Waals surface area contributed by atoms with Crippen molar-refractivity contribution in [1.29, 1.82) is 5.26 Å². The van der Waals surface area contributed by atoms with Gasteiger partial charge in [0.25, 0.3) is 0 Å². The van der Waals surface area contributed by atoms with Crippen LogP contribution in [-0.2, 0) is 0 Å². The van der Waals surface area contributed by atoms with Crippen LogP contribution in [-0.4, -0.2) is 29.0 Å². The second kappa shape index (κ2) is 5.94. The van der Waals surface area contributed by atoms with Crippen LogP contribution in [0.4, 0.5) is 5.82 Å². The average Bonchev–Trinajstić information content (AvgIpc) is 2.53. The first-order valence-electron chi connectivity index (χ1n) is 7.94. The van der Waals surface area contributed by atoms with Gasteiger partial charge >= 0.3 is 0 Å². The van der Waals surface area contributed by atoms with E-state index >= 15 is 0 Å². The molecule has 0 amide bonds. The molecule has 0 spiro atoms. The normalized spacial score (nSPS) is 17.0. The van der Waals surface area contributed by atoms with E-state index in [0.29, 0.717) is 23.3 Å². The number of benzene rings is 1. The molecule has 0 bridgehead atoms. The smallest absolute Gasteiger partial charge is 0.142 e. The fourth-order valence-corrected chi connectivity index (χ4v) is 3.50. The minimum Gasteiger partial charge on any atom is -0.383 e. The van der Waals surface area contributed by atoms with Gasteiger partial charge < -0.3 is 10.6 Å². The van der Waals surface area contributed by atoms with Gasteiger partial charge in [0.15, 0.2) is 0 Å². The number of pyridine rings is 1. The lowest BCUT2D eigenvalue weighted by atomic mass is 9.84. The molecule has 0 unspecified atom stereocenters. The molecule has 1 aliphatic rings. The van der Waals surface area contributed by atoms with E-state index in [1.807, 2.05) is 18.2 Å². The number of nitrogens with two attached hydrogens (primary N) is 1. The summed E-state index contributed by atoms with van der Waals surface area (Å²) in [6.45, 7) is 6.62. The second-order valence-electron chi connectivity index (χ2n) is 6.32. The molecule has 1 aromatic heterocycles. The molecule has 2 aromatic rings. The van der Waals surface area contributed by atoms with E-state index < -0.39 is 0 Å². The predicted molar refractivity (Wildman–Crippen MR) is 89.6 cm³/mol. The number of aromatic nitrogens is 1. The van der Waals surface area contributed by atoms with Crippen LogP contribution in [0.15, 0.2) is 24.3 Å². The van der Waals surface area contributed by atoms with Crippen molar-refractivity contribution in [3.8, 4) is 6.07 Å². The molecule has 1 aliphatic heterocycles. The average molecular weight is 294 g/mol. The Labute approximate surface area is 131 Å². The predicted octanol–water partition coefficient (Wildman–Crippen LogP) is 3.28. The Morgan fingerprint density at radius 1 is 1.27 bits per heavy atom. The number of hydrogen-bond acceptors (Lipinski definition) is 4. The summed E-state index contributed by atoms with van der Waals surface area (Å²) in [6, 6.07) is 10.9. The van der Waals surface area contributed by atoms with Crippen LogP contribution < -0.4 is 5.73 Å². The van der Waals surface area contributed by atoms with E-state index in [2.05, 4.69) is 35.9 Å². The summed E-state index contributed by atoms with van der Waals surface area (Å²) in [5.74, 6) is 0.752. The molecule has 1 aromatic carbocycles. The number of nitriles is 1. The van der Waals surface area contributed by atoms with Gasteiger partial charge in [-0.25, -0.2) is 4.98 Å². The Bertz CT molecular complexity index is 722. The molecule has 0 atom stereocenters. The molecule has 0 radical (unpaired) electrons. The topological polar surface area (TPSA) is 65.9 Å². The highest BCUT2D eigenvalue weighted by Crippen LogP contribution is 2.37. The maximum Gasteiger partial charge on any atom is 0.142 e. The number of nitrogen functional groups attached to an aromatic ring is 1. The molecule has 114 valence electrons. The number of hydrogen-bond donors (Lipinski definition) is 1. The van der Waals surface area contributed by atoms with Crippen molar-refractivity contribution in [1.82, 2.24) is 9.88 Å².